The predicted molar refractivity (Wildman–Crippen MR) is 78.0 cm³/mol. The molecule has 0 bridgehead atoms. The highest BCUT2D eigenvalue weighted by molar-refractivity contribution is 9.10. The molecule has 0 spiro atoms. The summed E-state index contributed by atoms with van der Waals surface area (Å²) < 4.78 is 19.8. The van der Waals surface area contributed by atoms with Gasteiger partial charge in [0, 0.05) is 9.80 Å². The fraction of sp³-hybridized carbons (Fsp3) is 0.143. The normalized spacial score (nSPS) is 10.4. The lowest BCUT2D eigenvalue weighted by Crippen LogP contribution is -1.91. The van der Waals surface area contributed by atoms with Gasteiger partial charge in [-0.1, -0.05) is 37.9 Å². The molecule has 0 atom stereocenters. The van der Waals surface area contributed by atoms with Gasteiger partial charge in [0.1, 0.15) is 5.75 Å². The first-order chi connectivity index (χ1) is 8.60. The number of ether oxygens (including phenoxy) is 1. The van der Waals surface area contributed by atoms with E-state index in [1.54, 1.807) is 12.1 Å². The molecule has 0 N–H and O–H groups in total. The highest BCUT2D eigenvalue weighted by atomic mass is 79.9. The summed E-state index contributed by atoms with van der Waals surface area (Å²) in [6.07, 6.45) is 0. The van der Waals surface area contributed by atoms with E-state index in [2.05, 4.69) is 31.9 Å². The molecule has 1 nitrogen and oxygen atoms in total. The van der Waals surface area contributed by atoms with Crippen molar-refractivity contribution < 1.29 is 9.13 Å². The van der Waals surface area contributed by atoms with Gasteiger partial charge in [-0.2, -0.15) is 0 Å². The summed E-state index contributed by atoms with van der Waals surface area (Å²) in [4.78, 5) is 0. The van der Waals surface area contributed by atoms with Crippen LogP contribution in [0.25, 0.3) is 0 Å². The van der Waals surface area contributed by atoms with E-state index in [9.17, 15) is 4.39 Å². The smallest absolute Gasteiger partial charge is 0.166 e. The molecule has 18 heavy (non-hydrogen) atoms. The van der Waals surface area contributed by atoms with Gasteiger partial charge in [-0.3, -0.25) is 0 Å². The molecule has 2 rings (SSSR count). The van der Waals surface area contributed by atoms with Crippen molar-refractivity contribution in [1.82, 2.24) is 0 Å². The topological polar surface area (TPSA) is 9.23 Å². The van der Waals surface area contributed by atoms with Crippen LogP contribution in [-0.4, -0.2) is 0 Å². The van der Waals surface area contributed by atoms with Crippen molar-refractivity contribution in [1.29, 1.82) is 0 Å². The molecule has 0 amide bonds. The summed E-state index contributed by atoms with van der Waals surface area (Å²) in [7, 11) is 0. The maximum atomic E-state index is 13.6. The Morgan fingerprint density at radius 1 is 1.17 bits per heavy atom. The van der Waals surface area contributed by atoms with E-state index in [1.165, 1.54) is 11.6 Å². The maximum absolute atomic E-state index is 13.6. The van der Waals surface area contributed by atoms with Crippen molar-refractivity contribution >= 4 is 31.9 Å². The van der Waals surface area contributed by atoms with Gasteiger partial charge in [-0.15, -0.1) is 0 Å². The molecular weight excluding hydrogens is 363 g/mol. The summed E-state index contributed by atoms with van der Waals surface area (Å²) in [5.74, 6) is 0.481. The van der Waals surface area contributed by atoms with Crippen molar-refractivity contribution in [3.8, 4) is 11.5 Å². The van der Waals surface area contributed by atoms with Crippen LogP contribution >= 0.6 is 31.9 Å². The highest BCUT2D eigenvalue weighted by Gasteiger charge is 2.06. The molecule has 0 saturated carbocycles. The lowest BCUT2D eigenvalue weighted by atomic mass is 10.1. The first kappa shape index (κ1) is 13.6. The van der Waals surface area contributed by atoms with E-state index in [0.29, 0.717) is 10.2 Å². The van der Waals surface area contributed by atoms with E-state index in [4.69, 9.17) is 4.74 Å². The predicted octanol–water partition coefficient (Wildman–Crippen LogP) is 5.58. The van der Waals surface area contributed by atoms with Gasteiger partial charge in [0.2, 0.25) is 0 Å². The number of hydrogen-bond acceptors (Lipinski definition) is 1. The van der Waals surface area contributed by atoms with Crippen LogP contribution in [0, 0.1) is 12.7 Å². The van der Waals surface area contributed by atoms with Gasteiger partial charge >= 0.3 is 0 Å². The number of alkyl halides is 1. The number of aryl methyl sites for hydroxylation is 1. The Bertz CT molecular complexity index is 570. The third-order valence-electron chi connectivity index (χ3n) is 2.58. The van der Waals surface area contributed by atoms with Gasteiger partial charge in [-0.05, 0) is 48.4 Å². The molecule has 0 saturated heterocycles. The molecule has 0 radical (unpaired) electrons. The first-order valence-electron chi connectivity index (χ1n) is 5.38. The van der Waals surface area contributed by atoms with E-state index in [-0.39, 0.29) is 11.6 Å². The van der Waals surface area contributed by atoms with Gasteiger partial charge in [-0.25, -0.2) is 4.39 Å². The molecule has 0 heterocycles. The van der Waals surface area contributed by atoms with Crippen molar-refractivity contribution in [2.75, 3.05) is 0 Å². The summed E-state index contributed by atoms with van der Waals surface area (Å²) in [6.45, 7) is 2.00. The third kappa shape index (κ3) is 3.12. The van der Waals surface area contributed by atoms with Gasteiger partial charge < -0.3 is 4.74 Å². The van der Waals surface area contributed by atoms with Crippen LogP contribution < -0.4 is 4.74 Å². The Labute approximate surface area is 122 Å². The minimum atomic E-state index is -0.383. The average molecular weight is 374 g/mol. The zero-order chi connectivity index (χ0) is 13.1. The quantitative estimate of drug-likeness (QED) is 0.637. The Hall–Kier alpha value is -0.870. The van der Waals surface area contributed by atoms with E-state index >= 15 is 0 Å². The van der Waals surface area contributed by atoms with Crippen LogP contribution in [0.1, 0.15) is 11.1 Å². The lowest BCUT2D eigenvalue weighted by Gasteiger charge is -2.09. The van der Waals surface area contributed by atoms with Gasteiger partial charge in [0.25, 0.3) is 0 Å². The number of benzene rings is 2. The van der Waals surface area contributed by atoms with Crippen molar-refractivity contribution in [3.63, 3.8) is 0 Å². The van der Waals surface area contributed by atoms with Crippen LogP contribution in [-0.2, 0) is 5.33 Å². The minimum absolute atomic E-state index is 0.226. The molecule has 0 aliphatic heterocycles. The van der Waals surface area contributed by atoms with Crippen molar-refractivity contribution in [2.24, 2.45) is 0 Å². The molecule has 94 valence electrons. The zero-order valence-corrected chi connectivity index (χ0v) is 12.9. The highest BCUT2D eigenvalue weighted by Crippen LogP contribution is 2.28. The number of halogens is 3. The van der Waals surface area contributed by atoms with Crippen LogP contribution in [0.4, 0.5) is 4.39 Å². The molecular formula is C14H11Br2FO. The lowest BCUT2D eigenvalue weighted by molar-refractivity contribution is 0.441. The van der Waals surface area contributed by atoms with Crippen molar-refractivity contribution in [3.05, 3.63) is 57.8 Å². The summed E-state index contributed by atoms with van der Waals surface area (Å²) in [5, 5.41) is 0.797. The average Bonchev–Trinajstić information content (AvgIpc) is 2.33. The largest absolute Gasteiger partial charge is 0.454 e. The van der Waals surface area contributed by atoms with Crippen LogP contribution in [0.2, 0.25) is 0 Å². The Morgan fingerprint density at radius 3 is 2.56 bits per heavy atom. The number of hydrogen-bond donors (Lipinski definition) is 0. The standard InChI is InChI=1S/C14H11Br2FO/c1-9-6-12(4-2-10(9)8-15)18-14-5-3-11(16)7-13(14)17/h2-7H,8H2,1H3. The second kappa shape index (κ2) is 5.85. The Morgan fingerprint density at radius 2 is 1.94 bits per heavy atom. The van der Waals surface area contributed by atoms with Crippen LogP contribution in [0.5, 0.6) is 11.5 Å². The van der Waals surface area contributed by atoms with Crippen molar-refractivity contribution in [2.45, 2.75) is 12.3 Å². The van der Waals surface area contributed by atoms with E-state index in [0.717, 1.165) is 10.9 Å². The molecule has 4 heteroatoms. The maximum Gasteiger partial charge on any atom is 0.166 e. The number of rotatable bonds is 3. The van der Waals surface area contributed by atoms with Crippen LogP contribution in [0.15, 0.2) is 40.9 Å². The van der Waals surface area contributed by atoms with E-state index < -0.39 is 0 Å². The fourth-order valence-electron chi connectivity index (χ4n) is 1.57. The van der Waals surface area contributed by atoms with Gasteiger partial charge in [0.15, 0.2) is 11.6 Å². The molecule has 0 unspecified atom stereocenters. The minimum Gasteiger partial charge on any atom is -0.454 e. The first-order valence-corrected chi connectivity index (χ1v) is 7.30. The SMILES string of the molecule is Cc1cc(Oc2ccc(Br)cc2F)ccc1CBr. The fourth-order valence-corrected chi connectivity index (χ4v) is 2.53. The molecule has 0 aliphatic carbocycles. The van der Waals surface area contributed by atoms with Gasteiger partial charge in [0.05, 0.1) is 0 Å². The summed E-state index contributed by atoms with van der Waals surface area (Å²) >= 11 is 6.62. The summed E-state index contributed by atoms with van der Waals surface area (Å²) in [5.41, 5.74) is 2.31. The second-order valence-corrected chi connectivity index (χ2v) is 5.38. The molecule has 0 aromatic heterocycles. The third-order valence-corrected chi connectivity index (χ3v) is 3.68. The molecule has 0 fully saturated rings. The molecule has 0 aliphatic rings. The summed E-state index contributed by atoms with van der Waals surface area (Å²) in [6, 6.07) is 10.4. The monoisotopic (exact) mass is 372 g/mol. The Kier molecular flexibility index (Phi) is 4.40. The molecule has 2 aromatic carbocycles. The van der Waals surface area contributed by atoms with E-state index in [1.807, 2.05) is 25.1 Å². The Balaban J connectivity index is 2.26. The van der Waals surface area contributed by atoms with Crippen LogP contribution in [0.3, 0.4) is 0 Å². The zero-order valence-electron chi connectivity index (χ0n) is 9.71. The second-order valence-electron chi connectivity index (χ2n) is 3.90. The molecule has 2 aromatic rings.